The number of carbonyl (C=O) groups excluding carboxylic acids is 2. The normalized spacial score (nSPS) is 10.2. The highest BCUT2D eigenvalue weighted by molar-refractivity contribution is 5.92. The second-order valence-electron chi connectivity index (χ2n) is 5.28. The summed E-state index contributed by atoms with van der Waals surface area (Å²) in [7, 11) is 0. The Bertz CT molecular complexity index is 679. The molecule has 0 atom stereocenters. The van der Waals surface area contributed by atoms with Crippen molar-refractivity contribution in [3.8, 4) is 5.75 Å². The molecule has 0 radical (unpaired) electrons. The summed E-state index contributed by atoms with van der Waals surface area (Å²) in [6.07, 6.45) is 1.94. The van der Waals surface area contributed by atoms with Crippen LogP contribution in [0.4, 0.5) is 5.69 Å². The molecule has 1 aromatic heterocycles. The number of hydrogen-bond donors (Lipinski definition) is 2. The molecule has 24 heavy (non-hydrogen) atoms. The van der Waals surface area contributed by atoms with Gasteiger partial charge in [0, 0.05) is 25.2 Å². The predicted octanol–water partition coefficient (Wildman–Crippen LogP) is 2.74. The molecule has 1 aromatic carbocycles. The van der Waals surface area contributed by atoms with E-state index in [0.717, 1.165) is 12.8 Å². The smallest absolute Gasteiger partial charge is 0.273 e. The van der Waals surface area contributed by atoms with Crippen molar-refractivity contribution >= 4 is 17.5 Å². The van der Waals surface area contributed by atoms with Crippen LogP contribution in [-0.2, 0) is 11.4 Å². The number of aromatic nitrogens is 1. The van der Waals surface area contributed by atoms with Crippen molar-refractivity contribution in [1.29, 1.82) is 0 Å². The number of anilines is 1. The molecule has 7 nitrogen and oxygen atoms in total. The lowest BCUT2D eigenvalue weighted by Gasteiger charge is -2.05. The van der Waals surface area contributed by atoms with Gasteiger partial charge in [0.1, 0.15) is 12.4 Å². The third kappa shape index (κ3) is 5.42. The van der Waals surface area contributed by atoms with Gasteiger partial charge in [0.25, 0.3) is 5.91 Å². The van der Waals surface area contributed by atoms with Gasteiger partial charge in [-0.2, -0.15) is 0 Å². The fraction of sp³-hybridized carbons (Fsp3) is 0.353. The van der Waals surface area contributed by atoms with Crippen LogP contribution in [0.25, 0.3) is 0 Å². The van der Waals surface area contributed by atoms with Crippen molar-refractivity contribution in [1.82, 2.24) is 10.5 Å². The highest BCUT2D eigenvalue weighted by Crippen LogP contribution is 2.17. The first-order valence-electron chi connectivity index (χ1n) is 7.82. The van der Waals surface area contributed by atoms with E-state index in [1.54, 1.807) is 30.3 Å². The summed E-state index contributed by atoms with van der Waals surface area (Å²) in [4.78, 5) is 22.8. The SMILES string of the molecule is CCCCNC(=O)c1cc(COc2ccc(NC(C)=O)cc2)on1. The van der Waals surface area contributed by atoms with Gasteiger partial charge in [-0.25, -0.2) is 0 Å². The lowest BCUT2D eigenvalue weighted by Crippen LogP contribution is -2.24. The van der Waals surface area contributed by atoms with Crippen molar-refractivity contribution in [3.63, 3.8) is 0 Å². The maximum absolute atomic E-state index is 11.8. The first-order valence-corrected chi connectivity index (χ1v) is 7.82. The molecule has 128 valence electrons. The fourth-order valence-electron chi connectivity index (χ4n) is 1.95. The van der Waals surface area contributed by atoms with Gasteiger partial charge in [0.2, 0.25) is 5.91 Å². The van der Waals surface area contributed by atoms with E-state index in [4.69, 9.17) is 9.26 Å². The maximum atomic E-state index is 11.8. The van der Waals surface area contributed by atoms with Crippen LogP contribution in [-0.4, -0.2) is 23.5 Å². The van der Waals surface area contributed by atoms with E-state index >= 15 is 0 Å². The molecule has 0 fully saturated rings. The standard InChI is InChI=1S/C17H21N3O4/c1-3-4-9-18-17(22)16-10-15(24-20-16)11-23-14-7-5-13(6-8-14)19-12(2)21/h5-8,10H,3-4,9,11H2,1-2H3,(H,18,22)(H,19,21). The van der Waals surface area contributed by atoms with Gasteiger partial charge in [-0.15, -0.1) is 0 Å². The van der Waals surface area contributed by atoms with Gasteiger partial charge in [0.05, 0.1) is 0 Å². The number of rotatable bonds is 8. The van der Waals surface area contributed by atoms with E-state index in [2.05, 4.69) is 22.7 Å². The van der Waals surface area contributed by atoms with Crippen LogP contribution in [0.15, 0.2) is 34.9 Å². The van der Waals surface area contributed by atoms with Gasteiger partial charge in [-0.3, -0.25) is 9.59 Å². The van der Waals surface area contributed by atoms with Crippen LogP contribution < -0.4 is 15.4 Å². The minimum Gasteiger partial charge on any atom is -0.486 e. The quantitative estimate of drug-likeness (QED) is 0.726. The molecule has 2 amide bonds. The van der Waals surface area contributed by atoms with Crippen molar-refractivity contribution in [2.45, 2.75) is 33.3 Å². The number of amides is 2. The molecule has 0 bridgehead atoms. The summed E-state index contributed by atoms with van der Waals surface area (Å²) in [6, 6.07) is 8.51. The van der Waals surface area contributed by atoms with Crippen LogP contribution >= 0.6 is 0 Å². The van der Waals surface area contributed by atoms with Crippen LogP contribution in [0.2, 0.25) is 0 Å². The highest BCUT2D eigenvalue weighted by atomic mass is 16.5. The Morgan fingerprint density at radius 1 is 1.25 bits per heavy atom. The molecule has 0 aliphatic rings. The zero-order chi connectivity index (χ0) is 17.4. The zero-order valence-corrected chi connectivity index (χ0v) is 13.8. The number of unbranched alkanes of at least 4 members (excludes halogenated alkanes) is 1. The molecule has 2 aromatic rings. The molecule has 0 aliphatic heterocycles. The first kappa shape index (κ1) is 17.5. The van der Waals surface area contributed by atoms with Crippen LogP contribution in [0.1, 0.15) is 42.9 Å². The third-order valence-electron chi connectivity index (χ3n) is 3.16. The van der Waals surface area contributed by atoms with E-state index in [1.165, 1.54) is 6.92 Å². The lowest BCUT2D eigenvalue weighted by molar-refractivity contribution is -0.114. The van der Waals surface area contributed by atoms with E-state index in [-0.39, 0.29) is 24.1 Å². The minimum absolute atomic E-state index is 0.130. The minimum atomic E-state index is -0.252. The molecular weight excluding hydrogens is 310 g/mol. The maximum Gasteiger partial charge on any atom is 0.273 e. The van der Waals surface area contributed by atoms with Crippen LogP contribution in [0, 0.1) is 0 Å². The molecule has 0 saturated heterocycles. The molecule has 7 heteroatoms. The largest absolute Gasteiger partial charge is 0.486 e. The van der Waals surface area contributed by atoms with Crippen molar-refractivity contribution < 1.29 is 18.8 Å². The van der Waals surface area contributed by atoms with Gasteiger partial charge in [-0.1, -0.05) is 18.5 Å². The fourth-order valence-corrected chi connectivity index (χ4v) is 1.95. The lowest BCUT2D eigenvalue weighted by atomic mass is 10.3. The number of benzene rings is 1. The number of nitrogens with zero attached hydrogens (tertiary/aromatic N) is 1. The molecule has 0 saturated carbocycles. The van der Waals surface area contributed by atoms with Gasteiger partial charge in [0.15, 0.2) is 11.5 Å². The van der Waals surface area contributed by atoms with Crippen molar-refractivity contribution in [2.75, 3.05) is 11.9 Å². The molecule has 0 aliphatic carbocycles. The zero-order valence-electron chi connectivity index (χ0n) is 13.8. The Labute approximate surface area is 140 Å². The summed E-state index contributed by atoms with van der Waals surface area (Å²) in [5.74, 6) is 0.698. The van der Waals surface area contributed by atoms with Crippen LogP contribution in [0.3, 0.4) is 0 Å². The molecule has 0 unspecified atom stereocenters. The summed E-state index contributed by atoms with van der Waals surface area (Å²) in [6.45, 7) is 4.29. The molecule has 2 N–H and O–H groups in total. The van der Waals surface area contributed by atoms with E-state index in [9.17, 15) is 9.59 Å². The average Bonchev–Trinajstić information content (AvgIpc) is 3.03. The number of hydrogen-bond acceptors (Lipinski definition) is 5. The topological polar surface area (TPSA) is 93.5 Å². The van der Waals surface area contributed by atoms with Gasteiger partial charge < -0.3 is 19.9 Å². The summed E-state index contributed by atoms with van der Waals surface area (Å²) in [5.41, 5.74) is 0.936. The monoisotopic (exact) mass is 331 g/mol. The molecular formula is C17H21N3O4. The number of carbonyl (C=O) groups is 2. The van der Waals surface area contributed by atoms with Crippen molar-refractivity contribution in [3.05, 3.63) is 41.8 Å². The van der Waals surface area contributed by atoms with Gasteiger partial charge in [-0.05, 0) is 30.7 Å². The van der Waals surface area contributed by atoms with E-state index in [1.807, 2.05) is 0 Å². The van der Waals surface area contributed by atoms with E-state index < -0.39 is 0 Å². The molecule has 0 spiro atoms. The Morgan fingerprint density at radius 2 is 2.00 bits per heavy atom. The number of nitrogens with one attached hydrogen (secondary N) is 2. The second-order valence-corrected chi connectivity index (χ2v) is 5.28. The Morgan fingerprint density at radius 3 is 2.67 bits per heavy atom. The third-order valence-corrected chi connectivity index (χ3v) is 3.16. The second kappa shape index (κ2) is 8.71. The van der Waals surface area contributed by atoms with E-state index in [0.29, 0.717) is 23.7 Å². The van der Waals surface area contributed by atoms with Crippen LogP contribution in [0.5, 0.6) is 5.75 Å². The summed E-state index contributed by atoms with van der Waals surface area (Å²) >= 11 is 0. The average molecular weight is 331 g/mol. The summed E-state index contributed by atoms with van der Waals surface area (Å²) < 4.78 is 10.7. The Hall–Kier alpha value is -2.83. The number of ether oxygens (including phenoxy) is 1. The molecule has 1 heterocycles. The summed E-state index contributed by atoms with van der Waals surface area (Å²) in [5, 5.41) is 9.19. The first-order chi connectivity index (χ1) is 11.6. The van der Waals surface area contributed by atoms with Gasteiger partial charge >= 0.3 is 0 Å². The Balaban J connectivity index is 1.84. The Kier molecular flexibility index (Phi) is 6.36. The predicted molar refractivity (Wildman–Crippen MR) is 88.8 cm³/mol. The highest BCUT2D eigenvalue weighted by Gasteiger charge is 2.12. The molecule has 2 rings (SSSR count). The van der Waals surface area contributed by atoms with Crippen molar-refractivity contribution in [2.24, 2.45) is 0 Å².